The number of nitrogens with two attached hydrogens (primary N) is 2. The van der Waals surface area contributed by atoms with Crippen molar-refractivity contribution in [1.82, 2.24) is 10.7 Å². The van der Waals surface area contributed by atoms with Crippen molar-refractivity contribution in [2.45, 2.75) is 13.3 Å². The van der Waals surface area contributed by atoms with Gasteiger partial charge in [0.25, 0.3) is 0 Å². The van der Waals surface area contributed by atoms with Crippen molar-refractivity contribution in [2.24, 2.45) is 16.8 Å². The molecule has 0 atom stereocenters. The number of hydrazine groups is 1. The molecule has 0 radical (unpaired) electrons. The third-order valence-electron chi connectivity index (χ3n) is 0.845. The lowest BCUT2D eigenvalue weighted by Gasteiger charge is -2.03. The molecule has 0 rings (SSSR count). The molecule has 0 saturated carbocycles. The van der Waals surface area contributed by atoms with Crippen LogP contribution in [0.4, 0.5) is 0 Å². The van der Waals surface area contributed by atoms with E-state index in [1.165, 1.54) is 0 Å². The van der Waals surface area contributed by atoms with E-state index in [1.807, 2.05) is 0 Å². The molecule has 0 aliphatic heterocycles. The molecule has 0 aromatic heterocycles. The zero-order chi connectivity index (χ0) is 7.98. The maximum absolute atomic E-state index is 10.6. The normalized spacial score (nSPS) is 10.8. The van der Waals surface area contributed by atoms with Gasteiger partial charge in [0.05, 0.1) is 0 Å². The van der Waals surface area contributed by atoms with Gasteiger partial charge >= 0.3 is 0 Å². The number of hydrazone groups is 1. The fourth-order valence-corrected chi connectivity index (χ4v) is 0.326. The van der Waals surface area contributed by atoms with Crippen molar-refractivity contribution < 1.29 is 4.79 Å². The molecular weight excluding hydrogens is 134 g/mol. The summed E-state index contributed by atoms with van der Waals surface area (Å²) in [6.45, 7) is 1.71. The maximum Gasteiger partial charge on any atom is 0.234 e. The van der Waals surface area contributed by atoms with Gasteiger partial charge in [-0.3, -0.25) is 15.5 Å². The number of carbonyl (C=O) groups is 1. The first kappa shape index (κ1) is 8.70. The summed E-state index contributed by atoms with van der Waals surface area (Å²) in [7, 11) is 0. The minimum atomic E-state index is -0.192. The maximum atomic E-state index is 10.6. The van der Waals surface area contributed by atoms with Crippen LogP contribution < -0.4 is 22.4 Å². The highest BCUT2D eigenvalue weighted by Crippen LogP contribution is 1.72. The highest BCUT2D eigenvalue weighted by Gasteiger charge is 1.99. The smallest absolute Gasteiger partial charge is 0.234 e. The molecule has 0 aliphatic rings. The predicted octanol–water partition coefficient (Wildman–Crippen LogP) is -1.79. The van der Waals surface area contributed by atoms with Gasteiger partial charge in [-0.15, -0.1) is 5.10 Å². The number of carbonyl (C=O) groups excluding carboxylic acids is 1. The molecule has 0 fully saturated rings. The van der Waals surface area contributed by atoms with Gasteiger partial charge < -0.3 is 5.84 Å². The van der Waals surface area contributed by atoms with Crippen LogP contribution in [-0.4, -0.2) is 11.9 Å². The number of nitrogens with zero attached hydrogens (tertiary/aromatic N) is 1. The second kappa shape index (κ2) is 4.57. The molecule has 0 aromatic rings. The summed E-state index contributed by atoms with van der Waals surface area (Å²) in [5.74, 6) is 9.60. The van der Waals surface area contributed by atoms with Crippen LogP contribution in [0, 0.1) is 0 Å². The number of rotatable bonds is 1. The Morgan fingerprint density at radius 2 is 2.30 bits per heavy atom. The van der Waals surface area contributed by atoms with E-state index < -0.39 is 0 Å². The van der Waals surface area contributed by atoms with Gasteiger partial charge in [0.15, 0.2) is 0 Å². The molecular formula is C4H11N5O. The fraction of sp³-hybridized carbons (Fsp3) is 0.500. The summed E-state index contributed by atoms with van der Waals surface area (Å²) in [5, 5.41) is 5.46. The molecule has 6 nitrogen and oxygen atoms in total. The van der Waals surface area contributed by atoms with Crippen molar-refractivity contribution in [3.63, 3.8) is 0 Å². The minimum Gasteiger partial charge on any atom is -0.320 e. The molecule has 6 N–H and O–H groups in total. The van der Waals surface area contributed by atoms with Gasteiger partial charge in [0.2, 0.25) is 11.9 Å². The highest BCUT2D eigenvalue weighted by atomic mass is 16.1. The molecule has 6 heteroatoms. The van der Waals surface area contributed by atoms with Crippen LogP contribution in [-0.2, 0) is 4.79 Å². The Kier molecular flexibility index (Phi) is 3.97. The Bertz CT molecular complexity index is 143. The van der Waals surface area contributed by atoms with E-state index in [1.54, 1.807) is 6.92 Å². The average Bonchev–Trinajstić information content (AvgIpc) is 1.99. The summed E-state index contributed by atoms with van der Waals surface area (Å²) in [6.07, 6.45) is 0.362. The molecule has 0 unspecified atom stereocenters. The van der Waals surface area contributed by atoms with E-state index in [0.29, 0.717) is 6.42 Å². The second-order valence-electron chi connectivity index (χ2n) is 1.52. The molecule has 10 heavy (non-hydrogen) atoms. The van der Waals surface area contributed by atoms with Crippen LogP contribution in [0.25, 0.3) is 0 Å². The highest BCUT2D eigenvalue weighted by molar-refractivity contribution is 5.96. The standard InChI is InChI=1S/C4H11N5O/c1-2-3(10)7-4(8-5)9-6/h2,5-6H2,1H3,(H2,7,8,9,10). The number of hydrogen-bond donors (Lipinski definition) is 4. The van der Waals surface area contributed by atoms with E-state index >= 15 is 0 Å². The zero-order valence-corrected chi connectivity index (χ0v) is 5.72. The molecule has 1 amide bonds. The summed E-state index contributed by atoms with van der Waals surface area (Å²) < 4.78 is 0. The van der Waals surface area contributed by atoms with Gasteiger partial charge in [0.1, 0.15) is 0 Å². The summed E-state index contributed by atoms with van der Waals surface area (Å²) in [4.78, 5) is 10.6. The monoisotopic (exact) mass is 145 g/mol. The quantitative estimate of drug-likeness (QED) is 0.151. The lowest BCUT2D eigenvalue weighted by atomic mass is 10.5. The van der Waals surface area contributed by atoms with Crippen molar-refractivity contribution in [1.29, 1.82) is 0 Å². The summed E-state index contributed by atoms with van der Waals surface area (Å²) >= 11 is 0. The van der Waals surface area contributed by atoms with Gasteiger partial charge in [-0.25, -0.2) is 5.84 Å². The Morgan fingerprint density at radius 3 is 2.60 bits per heavy atom. The van der Waals surface area contributed by atoms with Gasteiger partial charge in [-0.2, -0.15) is 0 Å². The van der Waals surface area contributed by atoms with Gasteiger partial charge in [-0.1, -0.05) is 6.92 Å². The topological polar surface area (TPSA) is 106 Å². The fourth-order valence-electron chi connectivity index (χ4n) is 0.326. The lowest BCUT2D eigenvalue weighted by Crippen LogP contribution is -2.44. The second-order valence-corrected chi connectivity index (χ2v) is 1.52. The summed E-state index contributed by atoms with van der Waals surface area (Å²) in [5.41, 5.74) is 2.11. The molecule has 0 aromatic carbocycles. The summed E-state index contributed by atoms with van der Waals surface area (Å²) in [6, 6.07) is 0. The van der Waals surface area contributed by atoms with Crippen molar-refractivity contribution in [3.05, 3.63) is 0 Å². The number of amides is 1. The van der Waals surface area contributed by atoms with E-state index in [9.17, 15) is 4.79 Å². The van der Waals surface area contributed by atoms with Crippen LogP contribution in [0.2, 0.25) is 0 Å². The zero-order valence-electron chi connectivity index (χ0n) is 5.72. The Balaban J connectivity index is 3.76. The molecule has 0 saturated heterocycles. The predicted molar refractivity (Wildman–Crippen MR) is 37.4 cm³/mol. The van der Waals surface area contributed by atoms with Crippen LogP contribution in [0.15, 0.2) is 5.10 Å². The number of guanidine groups is 1. The van der Waals surface area contributed by atoms with E-state index in [-0.39, 0.29) is 11.9 Å². The number of hydrogen-bond acceptors (Lipinski definition) is 4. The third-order valence-corrected chi connectivity index (χ3v) is 0.845. The Hall–Kier alpha value is -1.30. The van der Waals surface area contributed by atoms with E-state index in [2.05, 4.69) is 15.8 Å². The Morgan fingerprint density at radius 1 is 1.70 bits per heavy atom. The van der Waals surface area contributed by atoms with Gasteiger partial charge in [-0.05, 0) is 0 Å². The van der Waals surface area contributed by atoms with Crippen LogP contribution in [0.3, 0.4) is 0 Å². The SMILES string of the molecule is CCC(=O)N/C(=N/N)NN. The van der Waals surface area contributed by atoms with Crippen molar-refractivity contribution in [2.75, 3.05) is 0 Å². The molecule has 0 bridgehead atoms. The van der Waals surface area contributed by atoms with Crippen molar-refractivity contribution >= 4 is 11.9 Å². The Labute approximate surface area is 58.6 Å². The minimum absolute atomic E-state index is 0.0619. The van der Waals surface area contributed by atoms with E-state index in [0.717, 1.165) is 0 Å². The third kappa shape index (κ3) is 2.88. The molecule has 58 valence electrons. The molecule has 0 spiro atoms. The van der Waals surface area contributed by atoms with Crippen LogP contribution in [0.5, 0.6) is 0 Å². The first-order valence-corrected chi connectivity index (χ1v) is 2.79. The van der Waals surface area contributed by atoms with Crippen molar-refractivity contribution in [3.8, 4) is 0 Å². The first-order chi connectivity index (χ1) is 4.74. The van der Waals surface area contributed by atoms with Crippen LogP contribution >= 0.6 is 0 Å². The molecule has 0 heterocycles. The average molecular weight is 145 g/mol. The largest absolute Gasteiger partial charge is 0.320 e. The van der Waals surface area contributed by atoms with Crippen LogP contribution in [0.1, 0.15) is 13.3 Å². The molecule has 0 aliphatic carbocycles. The lowest BCUT2D eigenvalue weighted by molar-refractivity contribution is -0.119. The van der Waals surface area contributed by atoms with E-state index in [4.69, 9.17) is 11.7 Å². The first-order valence-electron chi connectivity index (χ1n) is 2.79. The number of nitrogens with one attached hydrogen (secondary N) is 2. The van der Waals surface area contributed by atoms with Gasteiger partial charge in [0, 0.05) is 6.42 Å².